The molecule has 58 valence electrons. The molecule has 0 saturated carbocycles. The van der Waals surface area contributed by atoms with Gasteiger partial charge in [-0.25, -0.2) is 0 Å². The van der Waals surface area contributed by atoms with Crippen molar-refractivity contribution in [2.75, 3.05) is 0 Å². The lowest BCUT2D eigenvalue weighted by Crippen LogP contribution is -2.36. The van der Waals surface area contributed by atoms with E-state index in [9.17, 15) is 0 Å². The van der Waals surface area contributed by atoms with Crippen molar-refractivity contribution in [2.24, 2.45) is 5.92 Å². The molecule has 2 bridgehead atoms. The maximum atomic E-state index is 8.89. The van der Waals surface area contributed by atoms with E-state index in [4.69, 9.17) is 15.3 Å². The van der Waals surface area contributed by atoms with Crippen molar-refractivity contribution in [1.82, 2.24) is 0 Å². The van der Waals surface area contributed by atoms with Gasteiger partial charge in [-0.1, -0.05) is 24.3 Å². The summed E-state index contributed by atoms with van der Waals surface area (Å²) in [5.41, 5.74) is 1.49. The van der Waals surface area contributed by atoms with Crippen LogP contribution in [0.3, 0.4) is 0 Å². The van der Waals surface area contributed by atoms with Crippen molar-refractivity contribution < 1.29 is 15.3 Å². The van der Waals surface area contributed by atoms with Gasteiger partial charge in [-0.3, -0.25) is 0 Å². The first-order valence-corrected chi connectivity index (χ1v) is 3.36. The second-order valence-electron chi connectivity index (χ2n) is 2.79. The minimum atomic E-state index is -2.61. The van der Waals surface area contributed by atoms with E-state index in [2.05, 4.69) is 0 Å². The maximum absolute atomic E-state index is 8.89. The van der Waals surface area contributed by atoms with Crippen LogP contribution in [-0.2, 0) is 0 Å². The highest BCUT2D eigenvalue weighted by Gasteiger charge is 2.40. The lowest BCUT2D eigenvalue weighted by atomic mass is 10.00. The summed E-state index contributed by atoms with van der Waals surface area (Å²) in [6.07, 6.45) is 7.05. The topological polar surface area (TPSA) is 60.7 Å². The van der Waals surface area contributed by atoms with Crippen LogP contribution in [0.2, 0.25) is 0 Å². The highest BCUT2D eigenvalue weighted by Crippen LogP contribution is 2.39. The van der Waals surface area contributed by atoms with E-state index in [0.717, 1.165) is 11.1 Å². The lowest BCUT2D eigenvalue weighted by molar-refractivity contribution is -0.327. The number of rotatable bonds is 1. The molecule has 2 rings (SSSR count). The summed E-state index contributed by atoms with van der Waals surface area (Å²) in [6, 6.07) is 0. The molecule has 2 aliphatic rings. The molecule has 0 aromatic rings. The van der Waals surface area contributed by atoms with Gasteiger partial charge in [-0.05, 0) is 11.1 Å². The van der Waals surface area contributed by atoms with Crippen LogP contribution in [0.1, 0.15) is 0 Å². The first-order chi connectivity index (χ1) is 5.09. The van der Waals surface area contributed by atoms with Gasteiger partial charge in [0.1, 0.15) is 0 Å². The smallest absolute Gasteiger partial charge is 0.286 e. The summed E-state index contributed by atoms with van der Waals surface area (Å²) in [6.45, 7) is 0. The van der Waals surface area contributed by atoms with Crippen LogP contribution in [0, 0.1) is 5.92 Å². The molecule has 0 radical (unpaired) electrons. The number of hydrogen-bond acceptors (Lipinski definition) is 3. The maximum Gasteiger partial charge on any atom is 0.286 e. The Hall–Kier alpha value is -0.900. The number of aliphatic hydroxyl groups is 3. The number of hydrogen-bond donors (Lipinski definition) is 3. The van der Waals surface area contributed by atoms with Crippen LogP contribution in [0.4, 0.5) is 0 Å². The predicted molar refractivity (Wildman–Crippen MR) is 38.2 cm³/mol. The average Bonchev–Trinajstić information content (AvgIpc) is 2.40. The van der Waals surface area contributed by atoms with E-state index in [1.54, 1.807) is 24.3 Å². The molecule has 0 spiro atoms. The molecule has 0 atom stereocenters. The van der Waals surface area contributed by atoms with E-state index in [1.807, 2.05) is 0 Å². The van der Waals surface area contributed by atoms with E-state index in [1.165, 1.54) is 0 Å². The molecule has 0 aromatic carbocycles. The van der Waals surface area contributed by atoms with Gasteiger partial charge in [-0.15, -0.1) is 0 Å². The van der Waals surface area contributed by atoms with E-state index >= 15 is 0 Å². The molecule has 0 saturated heterocycles. The van der Waals surface area contributed by atoms with Crippen molar-refractivity contribution in [3.63, 3.8) is 0 Å². The third-order valence-corrected chi connectivity index (χ3v) is 1.99. The Kier molecular flexibility index (Phi) is 1.12. The molecule has 0 aromatic heterocycles. The van der Waals surface area contributed by atoms with Crippen molar-refractivity contribution in [3.05, 3.63) is 35.5 Å². The molecule has 0 unspecified atom stereocenters. The average molecular weight is 152 g/mol. The normalized spacial score (nSPS) is 22.5. The van der Waals surface area contributed by atoms with E-state index < -0.39 is 11.9 Å². The van der Waals surface area contributed by atoms with Crippen molar-refractivity contribution >= 4 is 0 Å². The van der Waals surface area contributed by atoms with Crippen molar-refractivity contribution in [1.29, 1.82) is 0 Å². The standard InChI is InChI=1S/C8H8O3/c9-8(10,11)7-5-1-2-6(7)4-3-5/h1-4,7,9-11H. The van der Waals surface area contributed by atoms with Gasteiger partial charge in [0.25, 0.3) is 5.97 Å². The molecular weight excluding hydrogens is 144 g/mol. The fourth-order valence-electron chi connectivity index (χ4n) is 1.52. The molecule has 0 amide bonds. The summed E-state index contributed by atoms with van der Waals surface area (Å²) >= 11 is 0. The first kappa shape index (κ1) is 6.79. The second-order valence-corrected chi connectivity index (χ2v) is 2.79. The minimum absolute atomic E-state index is 0.664. The quantitative estimate of drug-likeness (QED) is 0.451. The predicted octanol–water partition coefficient (Wildman–Crippen LogP) is -0.331. The van der Waals surface area contributed by atoms with Gasteiger partial charge in [0.2, 0.25) is 0 Å². The Balaban J connectivity index is 2.36. The summed E-state index contributed by atoms with van der Waals surface area (Å²) in [5.74, 6) is -3.28. The van der Waals surface area contributed by atoms with E-state index in [0.29, 0.717) is 0 Å². The van der Waals surface area contributed by atoms with Crippen molar-refractivity contribution in [3.8, 4) is 0 Å². The Morgan fingerprint density at radius 3 is 1.64 bits per heavy atom. The van der Waals surface area contributed by atoms with Crippen LogP contribution in [0.5, 0.6) is 0 Å². The Morgan fingerprint density at radius 1 is 1.00 bits per heavy atom. The van der Waals surface area contributed by atoms with Gasteiger partial charge >= 0.3 is 0 Å². The molecule has 2 aliphatic carbocycles. The van der Waals surface area contributed by atoms with Gasteiger partial charge in [0.05, 0.1) is 5.92 Å². The molecule has 3 heteroatoms. The van der Waals surface area contributed by atoms with Crippen molar-refractivity contribution in [2.45, 2.75) is 5.97 Å². The van der Waals surface area contributed by atoms with Crippen LogP contribution >= 0.6 is 0 Å². The fourth-order valence-corrected chi connectivity index (χ4v) is 1.52. The fraction of sp³-hybridized carbons (Fsp3) is 0.250. The Labute approximate surface area is 63.6 Å². The highest BCUT2D eigenvalue weighted by molar-refractivity contribution is 5.53. The first-order valence-electron chi connectivity index (χ1n) is 3.36. The highest BCUT2D eigenvalue weighted by atomic mass is 16.7. The van der Waals surface area contributed by atoms with Gasteiger partial charge in [0.15, 0.2) is 0 Å². The van der Waals surface area contributed by atoms with Gasteiger partial charge in [0, 0.05) is 0 Å². The zero-order valence-corrected chi connectivity index (χ0v) is 5.73. The third-order valence-electron chi connectivity index (χ3n) is 1.99. The van der Waals surface area contributed by atoms with E-state index in [-0.39, 0.29) is 0 Å². The van der Waals surface area contributed by atoms with Gasteiger partial charge < -0.3 is 15.3 Å². The molecule has 11 heavy (non-hydrogen) atoms. The zero-order chi connectivity index (χ0) is 8.06. The molecular formula is C8H8O3. The molecule has 3 N–H and O–H groups in total. The number of fused-ring (bicyclic) bond motifs is 2. The molecule has 0 fully saturated rings. The molecule has 3 nitrogen and oxygen atoms in total. The Bertz CT molecular complexity index is 256. The lowest BCUT2D eigenvalue weighted by Gasteiger charge is -2.21. The largest absolute Gasteiger partial charge is 0.343 e. The molecule has 0 aliphatic heterocycles. The van der Waals surface area contributed by atoms with Crippen LogP contribution < -0.4 is 0 Å². The summed E-state index contributed by atoms with van der Waals surface area (Å²) in [7, 11) is 0. The zero-order valence-electron chi connectivity index (χ0n) is 5.73. The molecule has 0 heterocycles. The summed E-state index contributed by atoms with van der Waals surface area (Å²) in [5, 5.41) is 26.7. The monoisotopic (exact) mass is 152 g/mol. The number of allylic oxidation sites excluding steroid dienone is 4. The van der Waals surface area contributed by atoms with Crippen LogP contribution in [-0.4, -0.2) is 21.3 Å². The van der Waals surface area contributed by atoms with Gasteiger partial charge in [-0.2, -0.15) is 0 Å². The Morgan fingerprint density at radius 2 is 1.45 bits per heavy atom. The summed E-state index contributed by atoms with van der Waals surface area (Å²) < 4.78 is 0. The van der Waals surface area contributed by atoms with Crippen LogP contribution in [0.15, 0.2) is 35.5 Å². The minimum Gasteiger partial charge on any atom is -0.343 e. The SMILES string of the molecule is OC(O)(O)C1C2=CC=C1C=C2. The second kappa shape index (κ2) is 1.82. The van der Waals surface area contributed by atoms with Crippen LogP contribution in [0.25, 0.3) is 0 Å². The summed E-state index contributed by atoms with van der Waals surface area (Å²) in [4.78, 5) is 0. The third kappa shape index (κ3) is 0.860.